The average molecular weight is 456 g/mol. The molecule has 33 heavy (non-hydrogen) atoms. The lowest BCUT2D eigenvalue weighted by Gasteiger charge is -2.26. The molecule has 1 aromatic carbocycles. The van der Waals surface area contributed by atoms with Crippen LogP contribution in [0, 0.1) is 11.7 Å². The number of halogens is 1. The SMILES string of the molecule is CNC(c1ncco1)C1CCN(c2c(F)cc3c(=O)c(C(=O)O)cn(C4CC4)c3c2OC)C1. The van der Waals surface area contributed by atoms with Crippen molar-refractivity contribution in [3.8, 4) is 5.75 Å². The van der Waals surface area contributed by atoms with E-state index in [9.17, 15) is 14.7 Å². The highest BCUT2D eigenvalue weighted by Crippen LogP contribution is 2.45. The van der Waals surface area contributed by atoms with Crippen molar-refractivity contribution in [1.82, 2.24) is 14.9 Å². The maximum Gasteiger partial charge on any atom is 0.341 e. The largest absolute Gasteiger partial charge is 0.492 e. The summed E-state index contributed by atoms with van der Waals surface area (Å²) in [5, 5.41) is 12.7. The van der Waals surface area contributed by atoms with Crippen LogP contribution in [0.1, 0.15) is 47.6 Å². The Morgan fingerprint density at radius 1 is 1.39 bits per heavy atom. The number of hydrogen-bond acceptors (Lipinski definition) is 7. The first kappa shape index (κ1) is 21.4. The first-order chi connectivity index (χ1) is 15.9. The highest BCUT2D eigenvalue weighted by Gasteiger charge is 2.36. The fraction of sp³-hybridized carbons (Fsp3) is 0.435. The summed E-state index contributed by atoms with van der Waals surface area (Å²) in [4.78, 5) is 30.7. The van der Waals surface area contributed by atoms with Crippen LogP contribution in [0.15, 0.2) is 33.9 Å². The summed E-state index contributed by atoms with van der Waals surface area (Å²) in [5.74, 6) is -0.984. The van der Waals surface area contributed by atoms with Gasteiger partial charge in [-0.1, -0.05) is 0 Å². The second kappa shape index (κ2) is 8.18. The zero-order valence-corrected chi connectivity index (χ0v) is 18.4. The van der Waals surface area contributed by atoms with Gasteiger partial charge in [0.1, 0.15) is 17.5 Å². The van der Waals surface area contributed by atoms with E-state index in [1.165, 1.54) is 19.6 Å². The van der Waals surface area contributed by atoms with Gasteiger partial charge in [0.2, 0.25) is 11.3 Å². The number of carbonyl (C=O) groups is 1. The maximum absolute atomic E-state index is 15.5. The molecule has 10 heteroatoms. The van der Waals surface area contributed by atoms with Crippen LogP contribution in [0.5, 0.6) is 5.75 Å². The van der Waals surface area contributed by atoms with E-state index in [2.05, 4.69) is 10.3 Å². The number of carboxylic acids is 1. The predicted octanol–water partition coefficient (Wildman–Crippen LogP) is 2.96. The smallest absolute Gasteiger partial charge is 0.341 e. The molecular formula is C23H25FN4O5. The van der Waals surface area contributed by atoms with Crippen LogP contribution in [-0.2, 0) is 0 Å². The molecule has 0 bridgehead atoms. The summed E-state index contributed by atoms with van der Waals surface area (Å²) in [6.07, 6.45) is 6.99. The summed E-state index contributed by atoms with van der Waals surface area (Å²) in [6.45, 7) is 1.12. The molecule has 2 unspecified atom stereocenters. The van der Waals surface area contributed by atoms with E-state index in [1.54, 1.807) is 10.8 Å². The zero-order valence-electron chi connectivity index (χ0n) is 18.4. The molecule has 2 aliphatic rings. The second-order valence-corrected chi connectivity index (χ2v) is 8.58. The van der Waals surface area contributed by atoms with Gasteiger partial charge in [-0.25, -0.2) is 14.2 Å². The summed E-state index contributed by atoms with van der Waals surface area (Å²) in [6, 6.07) is 1.09. The predicted molar refractivity (Wildman–Crippen MR) is 119 cm³/mol. The number of anilines is 1. The van der Waals surface area contributed by atoms with Gasteiger partial charge in [-0.2, -0.15) is 0 Å². The lowest BCUT2D eigenvalue weighted by Crippen LogP contribution is -2.29. The molecular weight excluding hydrogens is 431 g/mol. The van der Waals surface area contributed by atoms with Gasteiger partial charge < -0.3 is 29.0 Å². The third-order valence-electron chi connectivity index (χ3n) is 6.61. The number of oxazole rings is 1. The molecule has 0 spiro atoms. The van der Waals surface area contributed by atoms with Crippen molar-refractivity contribution in [3.05, 3.63) is 52.2 Å². The number of methoxy groups -OCH3 is 1. The van der Waals surface area contributed by atoms with Gasteiger partial charge in [-0.3, -0.25) is 4.79 Å². The van der Waals surface area contributed by atoms with Crippen LogP contribution in [-0.4, -0.2) is 47.9 Å². The number of aromatic nitrogens is 2. The number of fused-ring (bicyclic) bond motifs is 1. The van der Waals surface area contributed by atoms with Gasteiger partial charge in [0.25, 0.3) is 0 Å². The quantitative estimate of drug-likeness (QED) is 0.559. The second-order valence-electron chi connectivity index (χ2n) is 8.58. The van der Waals surface area contributed by atoms with E-state index >= 15 is 4.39 Å². The van der Waals surface area contributed by atoms with Gasteiger partial charge in [0.05, 0.1) is 30.3 Å². The Morgan fingerprint density at radius 2 is 2.18 bits per heavy atom. The Bertz CT molecular complexity index is 1270. The Hall–Kier alpha value is -3.40. The fourth-order valence-electron chi connectivity index (χ4n) is 4.94. The van der Waals surface area contributed by atoms with E-state index in [0.29, 0.717) is 24.5 Å². The molecule has 2 aromatic heterocycles. The minimum atomic E-state index is -1.33. The minimum Gasteiger partial charge on any atom is -0.492 e. The molecule has 2 N–H and O–H groups in total. The van der Waals surface area contributed by atoms with Crippen LogP contribution in [0.4, 0.5) is 10.1 Å². The fourth-order valence-corrected chi connectivity index (χ4v) is 4.94. The molecule has 9 nitrogen and oxygen atoms in total. The van der Waals surface area contributed by atoms with Gasteiger partial charge in [-0.15, -0.1) is 0 Å². The van der Waals surface area contributed by atoms with E-state index < -0.39 is 17.2 Å². The first-order valence-electron chi connectivity index (χ1n) is 10.9. The van der Waals surface area contributed by atoms with Crippen molar-refractivity contribution in [1.29, 1.82) is 0 Å². The number of ether oxygens (including phenoxy) is 1. The van der Waals surface area contributed by atoms with Gasteiger partial charge >= 0.3 is 5.97 Å². The van der Waals surface area contributed by atoms with Crippen molar-refractivity contribution in [2.24, 2.45) is 5.92 Å². The van der Waals surface area contributed by atoms with Crippen molar-refractivity contribution in [3.63, 3.8) is 0 Å². The molecule has 5 rings (SSSR count). The van der Waals surface area contributed by atoms with Crippen molar-refractivity contribution >= 4 is 22.6 Å². The van der Waals surface area contributed by atoms with Crippen LogP contribution < -0.4 is 20.4 Å². The molecule has 1 aliphatic carbocycles. The normalized spacial score (nSPS) is 19.2. The molecule has 0 amide bonds. The van der Waals surface area contributed by atoms with E-state index in [-0.39, 0.29) is 40.4 Å². The summed E-state index contributed by atoms with van der Waals surface area (Å²) < 4.78 is 28.4. The summed E-state index contributed by atoms with van der Waals surface area (Å²) in [5.41, 5.74) is -0.358. The number of aromatic carboxylic acids is 1. The van der Waals surface area contributed by atoms with Crippen LogP contribution >= 0.6 is 0 Å². The van der Waals surface area contributed by atoms with Gasteiger partial charge in [0.15, 0.2) is 11.6 Å². The molecule has 174 valence electrons. The maximum atomic E-state index is 15.5. The van der Waals surface area contributed by atoms with Crippen LogP contribution in [0.2, 0.25) is 0 Å². The Balaban J connectivity index is 1.62. The van der Waals surface area contributed by atoms with E-state index in [4.69, 9.17) is 9.15 Å². The molecule has 1 aliphatic heterocycles. The minimum absolute atomic E-state index is 0.0172. The number of carboxylic acid groups (broad SMARTS) is 1. The molecule has 0 radical (unpaired) electrons. The summed E-state index contributed by atoms with van der Waals surface area (Å²) >= 11 is 0. The van der Waals surface area contributed by atoms with Crippen molar-refractivity contribution < 1.29 is 23.4 Å². The highest BCUT2D eigenvalue weighted by molar-refractivity contribution is 5.97. The van der Waals surface area contributed by atoms with Crippen LogP contribution in [0.25, 0.3) is 10.9 Å². The van der Waals surface area contributed by atoms with Crippen molar-refractivity contribution in [2.75, 3.05) is 32.1 Å². The lowest BCUT2D eigenvalue weighted by molar-refractivity contribution is 0.0694. The molecule has 3 heterocycles. The monoisotopic (exact) mass is 456 g/mol. The molecule has 1 saturated carbocycles. The summed E-state index contributed by atoms with van der Waals surface area (Å²) in [7, 11) is 3.28. The van der Waals surface area contributed by atoms with Gasteiger partial charge in [0, 0.05) is 31.2 Å². The number of pyridine rings is 1. The van der Waals surface area contributed by atoms with Gasteiger partial charge in [-0.05, 0) is 32.4 Å². The van der Waals surface area contributed by atoms with Crippen molar-refractivity contribution in [2.45, 2.75) is 31.3 Å². The molecule has 2 fully saturated rings. The Morgan fingerprint density at radius 3 is 2.79 bits per heavy atom. The number of nitrogens with zero attached hydrogens (tertiary/aromatic N) is 3. The number of hydrogen-bond donors (Lipinski definition) is 2. The number of rotatable bonds is 7. The third kappa shape index (κ3) is 3.54. The molecule has 2 atom stereocenters. The Kier molecular flexibility index (Phi) is 5.32. The number of nitrogens with one attached hydrogen (secondary N) is 1. The van der Waals surface area contributed by atoms with E-state index in [1.807, 2.05) is 11.9 Å². The van der Waals surface area contributed by atoms with E-state index in [0.717, 1.165) is 25.3 Å². The lowest BCUT2D eigenvalue weighted by atomic mass is 9.99. The topological polar surface area (TPSA) is 110 Å². The number of benzene rings is 1. The Labute approximate surface area is 188 Å². The van der Waals surface area contributed by atoms with Crippen LogP contribution in [0.3, 0.4) is 0 Å². The third-order valence-corrected chi connectivity index (χ3v) is 6.61. The first-order valence-corrected chi connectivity index (χ1v) is 10.9. The molecule has 3 aromatic rings. The average Bonchev–Trinajstić information content (AvgIpc) is 3.28. The zero-order chi connectivity index (χ0) is 23.3. The molecule has 1 saturated heterocycles. The standard InChI is InChI=1S/C23H25FN4O5/c1-25-17(22-26-6-8-33-22)12-5-7-27(10-12)19-16(24)9-14-18(21(19)32-2)28(13-3-4-13)11-15(20(14)29)23(30)31/h6,8-9,11-13,17,25H,3-5,7,10H2,1-2H3,(H,30,31). The highest BCUT2D eigenvalue weighted by atomic mass is 19.1.